The summed E-state index contributed by atoms with van der Waals surface area (Å²) in [5.74, 6) is -1.16. The number of carbonyl (C=O) groups excluding carboxylic acids is 2. The highest BCUT2D eigenvalue weighted by atomic mass is 16.5. The van der Waals surface area contributed by atoms with Crippen molar-refractivity contribution in [2.45, 2.75) is 33.6 Å². The fourth-order valence-electron chi connectivity index (χ4n) is 1.92. The van der Waals surface area contributed by atoms with Crippen molar-refractivity contribution in [3.05, 3.63) is 35.4 Å². The number of hydrogen-bond donors (Lipinski definition) is 0. The predicted molar refractivity (Wildman–Crippen MR) is 70.3 cm³/mol. The van der Waals surface area contributed by atoms with E-state index in [1.165, 1.54) is 18.1 Å². The summed E-state index contributed by atoms with van der Waals surface area (Å²) in [7, 11) is 0. The lowest BCUT2D eigenvalue weighted by molar-refractivity contribution is -0.151. The van der Waals surface area contributed by atoms with Crippen molar-refractivity contribution in [1.29, 1.82) is 0 Å². The lowest BCUT2D eigenvalue weighted by atomic mass is 9.94. The number of benzene rings is 1. The first-order chi connectivity index (χ1) is 8.56. The summed E-state index contributed by atoms with van der Waals surface area (Å²) >= 11 is 0. The Balaban J connectivity index is 2.66. The number of aryl methyl sites for hydroxylation is 2. The van der Waals surface area contributed by atoms with Crippen molar-refractivity contribution >= 4 is 11.8 Å². The van der Waals surface area contributed by atoms with E-state index in [4.69, 9.17) is 4.74 Å². The predicted octanol–water partition coefficient (Wildman–Crippen LogP) is 2.70. The van der Waals surface area contributed by atoms with Gasteiger partial charge in [-0.15, -0.1) is 0 Å². The lowest BCUT2D eigenvalue weighted by Gasteiger charge is -2.13. The molecule has 1 rings (SSSR count). The molecule has 18 heavy (non-hydrogen) atoms. The molecule has 0 heterocycles. The molecule has 0 spiro atoms. The standard InChI is InChI=1S/C15H20O3/c1-4-18-15(17)14(12(3)16)10-9-13-8-6-5-7-11(13)2/h5-8,14H,4,9-10H2,1-3H3. The van der Waals surface area contributed by atoms with Gasteiger partial charge in [-0.25, -0.2) is 0 Å². The summed E-state index contributed by atoms with van der Waals surface area (Å²) in [6.45, 7) is 5.53. The largest absolute Gasteiger partial charge is 0.465 e. The van der Waals surface area contributed by atoms with E-state index < -0.39 is 11.9 Å². The number of ether oxygens (including phenoxy) is 1. The fraction of sp³-hybridized carbons (Fsp3) is 0.467. The first-order valence-electron chi connectivity index (χ1n) is 6.27. The monoisotopic (exact) mass is 248 g/mol. The highest BCUT2D eigenvalue weighted by Crippen LogP contribution is 2.15. The maximum Gasteiger partial charge on any atom is 0.316 e. The lowest BCUT2D eigenvalue weighted by Crippen LogP contribution is -2.25. The second kappa shape index (κ2) is 6.94. The summed E-state index contributed by atoms with van der Waals surface area (Å²) in [5.41, 5.74) is 2.36. The molecule has 1 aromatic rings. The molecule has 1 atom stereocenters. The molecule has 0 saturated heterocycles. The second-order valence-electron chi connectivity index (χ2n) is 4.38. The molecule has 0 amide bonds. The average molecular weight is 248 g/mol. The summed E-state index contributed by atoms with van der Waals surface area (Å²) in [5, 5.41) is 0. The first-order valence-corrected chi connectivity index (χ1v) is 6.27. The molecule has 0 aromatic heterocycles. The molecule has 0 radical (unpaired) electrons. The van der Waals surface area contributed by atoms with Crippen LogP contribution in [0.4, 0.5) is 0 Å². The zero-order chi connectivity index (χ0) is 13.5. The summed E-state index contributed by atoms with van der Waals surface area (Å²) in [6, 6.07) is 8.00. The van der Waals surface area contributed by atoms with Gasteiger partial charge >= 0.3 is 5.97 Å². The van der Waals surface area contributed by atoms with Crippen LogP contribution in [0.25, 0.3) is 0 Å². The van der Waals surface area contributed by atoms with Crippen LogP contribution in [0.15, 0.2) is 24.3 Å². The fourth-order valence-corrected chi connectivity index (χ4v) is 1.92. The van der Waals surface area contributed by atoms with E-state index in [-0.39, 0.29) is 5.78 Å². The number of rotatable bonds is 6. The number of Topliss-reactive ketones (excluding diaryl/α,β-unsaturated/α-hetero) is 1. The molecular formula is C15H20O3. The number of esters is 1. The molecule has 1 aromatic carbocycles. The van der Waals surface area contributed by atoms with E-state index in [9.17, 15) is 9.59 Å². The molecule has 0 aliphatic heterocycles. The van der Waals surface area contributed by atoms with Gasteiger partial charge in [0.05, 0.1) is 6.61 Å². The minimum absolute atomic E-state index is 0.123. The Labute approximate surface area is 108 Å². The van der Waals surface area contributed by atoms with E-state index in [1.807, 2.05) is 31.2 Å². The minimum atomic E-state index is -0.635. The Morgan fingerprint density at radius 2 is 1.94 bits per heavy atom. The van der Waals surface area contributed by atoms with Crippen LogP contribution >= 0.6 is 0 Å². The van der Waals surface area contributed by atoms with Crippen LogP contribution in [0.2, 0.25) is 0 Å². The van der Waals surface area contributed by atoms with Gasteiger partial charge < -0.3 is 4.74 Å². The van der Waals surface area contributed by atoms with Gasteiger partial charge in [-0.05, 0) is 44.7 Å². The molecule has 3 nitrogen and oxygen atoms in total. The maximum atomic E-state index is 11.6. The van der Waals surface area contributed by atoms with Crippen molar-refractivity contribution < 1.29 is 14.3 Å². The van der Waals surface area contributed by atoms with Crippen molar-refractivity contribution in [3.63, 3.8) is 0 Å². The summed E-state index contributed by atoms with van der Waals surface area (Å²) in [6.07, 6.45) is 1.23. The van der Waals surface area contributed by atoms with Gasteiger partial charge in [0.15, 0.2) is 0 Å². The van der Waals surface area contributed by atoms with Gasteiger partial charge in [-0.3, -0.25) is 9.59 Å². The van der Waals surface area contributed by atoms with Crippen LogP contribution in [-0.4, -0.2) is 18.4 Å². The van der Waals surface area contributed by atoms with E-state index in [2.05, 4.69) is 0 Å². The third-order valence-electron chi connectivity index (χ3n) is 3.03. The minimum Gasteiger partial charge on any atom is -0.465 e. The quantitative estimate of drug-likeness (QED) is 0.574. The van der Waals surface area contributed by atoms with Gasteiger partial charge in [-0.2, -0.15) is 0 Å². The van der Waals surface area contributed by atoms with E-state index >= 15 is 0 Å². The van der Waals surface area contributed by atoms with Crippen LogP contribution in [0.5, 0.6) is 0 Å². The van der Waals surface area contributed by atoms with Crippen LogP contribution in [0.3, 0.4) is 0 Å². The van der Waals surface area contributed by atoms with E-state index in [0.29, 0.717) is 13.0 Å². The Morgan fingerprint density at radius 1 is 1.28 bits per heavy atom. The number of ketones is 1. The van der Waals surface area contributed by atoms with Crippen LogP contribution < -0.4 is 0 Å². The van der Waals surface area contributed by atoms with Crippen molar-refractivity contribution in [3.8, 4) is 0 Å². The Hall–Kier alpha value is -1.64. The SMILES string of the molecule is CCOC(=O)C(CCc1ccccc1C)C(C)=O. The molecular weight excluding hydrogens is 228 g/mol. The molecule has 98 valence electrons. The highest BCUT2D eigenvalue weighted by molar-refractivity contribution is 5.97. The van der Waals surface area contributed by atoms with Crippen LogP contribution in [-0.2, 0) is 20.7 Å². The zero-order valence-corrected chi connectivity index (χ0v) is 11.2. The van der Waals surface area contributed by atoms with Crippen LogP contribution in [0, 0.1) is 12.8 Å². The summed E-state index contributed by atoms with van der Waals surface area (Å²) in [4.78, 5) is 23.1. The number of carbonyl (C=O) groups is 2. The van der Waals surface area contributed by atoms with Gasteiger partial charge in [-0.1, -0.05) is 24.3 Å². The van der Waals surface area contributed by atoms with Gasteiger partial charge in [0.25, 0.3) is 0 Å². The van der Waals surface area contributed by atoms with Gasteiger partial charge in [0.2, 0.25) is 0 Å². The highest BCUT2D eigenvalue weighted by Gasteiger charge is 2.24. The third kappa shape index (κ3) is 3.99. The molecule has 0 fully saturated rings. The Kier molecular flexibility index (Phi) is 5.56. The normalized spacial score (nSPS) is 11.9. The Morgan fingerprint density at radius 3 is 2.50 bits per heavy atom. The zero-order valence-electron chi connectivity index (χ0n) is 11.2. The topological polar surface area (TPSA) is 43.4 Å². The summed E-state index contributed by atoms with van der Waals surface area (Å²) < 4.78 is 4.92. The van der Waals surface area contributed by atoms with Crippen molar-refractivity contribution in [1.82, 2.24) is 0 Å². The molecule has 0 bridgehead atoms. The van der Waals surface area contributed by atoms with Gasteiger partial charge in [0, 0.05) is 0 Å². The van der Waals surface area contributed by atoms with E-state index in [1.54, 1.807) is 6.92 Å². The average Bonchev–Trinajstić information content (AvgIpc) is 2.31. The third-order valence-corrected chi connectivity index (χ3v) is 3.03. The molecule has 1 unspecified atom stereocenters. The molecule has 3 heteroatoms. The number of hydrogen-bond acceptors (Lipinski definition) is 3. The van der Waals surface area contributed by atoms with Crippen molar-refractivity contribution in [2.75, 3.05) is 6.61 Å². The van der Waals surface area contributed by atoms with Crippen molar-refractivity contribution in [2.24, 2.45) is 5.92 Å². The smallest absolute Gasteiger partial charge is 0.316 e. The first kappa shape index (κ1) is 14.4. The molecule has 0 aliphatic rings. The maximum absolute atomic E-state index is 11.6. The molecule has 0 saturated carbocycles. The Bertz CT molecular complexity index is 424. The molecule has 0 N–H and O–H groups in total. The van der Waals surface area contributed by atoms with E-state index in [0.717, 1.165) is 6.42 Å². The molecule has 0 aliphatic carbocycles. The van der Waals surface area contributed by atoms with Crippen LogP contribution in [0.1, 0.15) is 31.4 Å². The van der Waals surface area contributed by atoms with Gasteiger partial charge in [0.1, 0.15) is 11.7 Å². The second-order valence-corrected chi connectivity index (χ2v) is 4.38.